The number of nitrogens with zero attached hydrogens (tertiary/aromatic N) is 1. The molecule has 0 heterocycles. The number of carbonyl (C=O) groups excluding carboxylic acids is 1. The standard InChI is InChI=1S/C11H17N3O/c1-3-14(2)8-11(15)13-10-6-4-5-9(12)7-10/h4-7H,3,8,12H2,1-2H3,(H,13,15). The predicted octanol–water partition coefficient (Wildman–Crippen LogP) is 1.16. The van der Waals surface area contributed by atoms with Gasteiger partial charge in [-0.3, -0.25) is 9.69 Å². The maximum atomic E-state index is 11.5. The molecule has 82 valence electrons. The lowest BCUT2D eigenvalue weighted by Gasteiger charge is -2.13. The number of likely N-dealkylation sites (N-methyl/N-ethyl adjacent to an activating group) is 1. The SMILES string of the molecule is CCN(C)CC(=O)Nc1cccc(N)c1. The van der Waals surface area contributed by atoms with Crippen LogP contribution in [0.1, 0.15) is 6.92 Å². The van der Waals surface area contributed by atoms with Crippen molar-refractivity contribution in [1.82, 2.24) is 4.90 Å². The zero-order chi connectivity index (χ0) is 11.3. The normalized spacial score (nSPS) is 10.3. The van der Waals surface area contributed by atoms with Crippen molar-refractivity contribution in [1.29, 1.82) is 0 Å². The number of carbonyl (C=O) groups is 1. The Hall–Kier alpha value is -1.55. The lowest BCUT2D eigenvalue weighted by Crippen LogP contribution is -2.29. The number of rotatable bonds is 4. The topological polar surface area (TPSA) is 58.4 Å². The molecule has 0 saturated heterocycles. The minimum Gasteiger partial charge on any atom is -0.399 e. The number of nitrogens with one attached hydrogen (secondary N) is 1. The molecule has 0 fully saturated rings. The van der Waals surface area contributed by atoms with Crippen LogP contribution in [0.25, 0.3) is 0 Å². The molecule has 1 amide bonds. The molecule has 0 bridgehead atoms. The van der Waals surface area contributed by atoms with E-state index in [0.717, 1.165) is 12.2 Å². The molecule has 1 aromatic carbocycles. The zero-order valence-corrected chi connectivity index (χ0v) is 9.16. The molecule has 1 rings (SSSR count). The Morgan fingerprint density at radius 3 is 2.87 bits per heavy atom. The van der Waals surface area contributed by atoms with Crippen LogP contribution in [0.5, 0.6) is 0 Å². The van der Waals surface area contributed by atoms with Crippen LogP contribution in [0.3, 0.4) is 0 Å². The van der Waals surface area contributed by atoms with Crippen LogP contribution < -0.4 is 11.1 Å². The monoisotopic (exact) mass is 207 g/mol. The van der Waals surface area contributed by atoms with Crippen molar-refractivity contribution in [2.45, 2.75) is 6.92 Å². The first kappa shape index (κ1) is 11.5. The molecular formula is C11H17N3O. The highest BCUT2D eigenvalue weighted by Crippen LogP contribution is 2.11. The van der Waals surface area contributed by atoms with Gasteiger partial charge in [0.15, 0.2) is 0 Å². The quantitative estimate of drug-likeness (QED) is 0.728. The molecule has 15 heavy (non-hydrogen) atoms. The maximum Gasteiger partial charge on any atom is 0.238 e. The smallest absolute Gasteiger partial charge is 0.238 e. The Kier molecular flexibility index (Phi) is 4.12. The van der Waals surface area contributed by atoms with Crippen molar-refractivity contribution in [3.05, 3.63) is 24.3 Å². The summed E-state index contributed by atoms with van der Waals surface area (Å²) in [6.07, 6.45) is 0. The van der Waals surface area contributed by atoms with Crippen LogP contribution >= 0.6 is 0 Å². The fourth-order valence-electron chi connectivity index (χ4n) is 1.17. The second-order valence-corrected chi connectivity index (χ2v) is 3.50. The van der Waals surface area contributed by atoms with Gasteiger partial charge in [0.2, 0.25) is 5.91 Å². The van der Waals surface area contributed by atoms with Crippen LogP contribution in [-0.4, -0.2) is 30.9 Å². The first-order chi connectivity index (χ1) is 7.11. The second kappa shape index (κ2) is 5.36. The molecule has 0 spiro atoms. The largest absolute Gasteiger partial charge is 0.399 e. The average Bonchev–Trinajstić information content (AvgIpc) is 2.17. The van der Waals surface area contributed by atoms with Gasteiger partial charge in [0, 0.05) is 11.4 Å². The van der Waals surface area contributed by atoms with E-state index >= 15 is 0 Å². The van der Waals surface area contributed by atoms with E-state index in [1.165, 1.54) is 0 Å². The van der Waals surface area contributed by atoms with E-state index in [4.69, 9.17) is 5.73 Å². The maximum absolute atomic E-state index is 11.5. The third-order valence-electron chi connectivity index (χ3n) is 2.12. The van der Waals surface area contributed by atoms with Gasteiger partial charge in [-0.2, -0.15) is 0 Å². The van der Waals surface area contributed by atoms with E-state index in [-0.39, 0.29) is 5.91 Å². The van der Waals surface area contributed by atoms with Gasteiger partial charge in [0.05, 0.1) is 6.54 Å². The van der Waals surface area contributed by atoms with Gasteiger partial charge in [-0.05, 0) is 31.8 Å². The molecule has 0 saturated carbocycles. The van der Waals surface area contributed by atoms with E-state index < -0.39 is 0 Å². The molecule has 0 aliphatic heterocycles. The third kappa shape index (κ3) is 3.99. The number of benzene rings is 1. The van der Waals surface area contributed by atoms with E-state index in [1.54, 1.807) is 12.1 Å². The van der Waals surface area contributed by atoms with Gasteiger partial charge in [0.25, 0.3) is 0 Å². The van der Waals surface area contributed by atoms with E-state index in [2.05, 4.69) is 5.32 Å². The van der Waals surface area contributed by atoms with Crippen molar-refractivity contribution in [2.75, 3.05) is 31.2 Å². The Labute approximate surface area is 90.1 Å². The summed E-state index contributed by atoms with van der Waals surface area (Å²) in [7, 11) is 1.90. The van der Waals surface area contributed by atoms with Gasteiger partial charge in [-0.1, -0.05) is 13.0 Å². The molecule has 0 radical (unpaired) electrons. The number of hydrogen-bond acceptors (Lipinski definition) is 3. The van der Waals surface area contributed by atoms with Crippen LogP contribution in [0.2, 0.25) is 0 Å². The molecule has 0 aliphatic rings. The van der Waals surface area contributed by atoms with Crippen molar-refractivity contribution in [2.24, 2.45) is 0 Å². The third-order valence-corrected chi connectivity index (χ3v) is 2.12. The van der Waals surface area contributed by atoms with Gasteiger partial charge in [0.1, 0.15) is 0 Å². The highest BCUT2D eigenvalue weighted by molar-refractivity contribution is 5.92. The molecule has 3 N–H and O–H groups in total. The number of anilines is 2. The molecular weight excluding hydrogens is 190 g/mol. The van der Waals surface area contributed by atoms with Crippen LogP contribution in [0.15, 0.2) is 24.3 Å². The predicted molar refractivity (Wildman–Crippen MR) is 62.7 cm³/mol. The van der Waals surface area contributed by atoms with Crippen LogP contribution in [0.4, 0.5) is 11.4 Å². The lowest BCUT2D eigenvalue weighted by molar-refractivity contribution is -0.117. The molecule has 0 aromatic heterocycles. The van der Waals surface area contributed by atoms with Crippen molar-refractivity contribution < 1.29 is 4.79 Å². The van der Waals surface area contributed by atoms with Gasteiger partial charge in [-0.15, -0.1) is 0 Å². The highest BCUT2D eigenvalue weighted by atomic mass is 16.2. The first-order valence-corrected chi connectivity index (χ1v) is 4.95. The average molecular weight is 207 g/mol. The fraction of sp³-hybridized carbons (Fsp3) is 0.364. The number of nitrogens with two attached hydrogens (primary N) is 1. The lowest BCUT2D eigenvalue weighted by atomic mass is 10.3. The number of hydrogen-bond donors (Lipinski definition) is 2. The minimum atomic E-state index is -0.0232. The highest BCUT2D eigenvalue weighted by Gasteiger charge is 2.04. The van der Waals surface area contributed by atoms with Crippen molar-refractivity contribution >= 4 is 17.3 Å². The summed E-state index contributed by atoms with van der Waals surface area (Å²) in [4.78, 5) is 13.4. The zero-order valence-electron chi connectivity index (χ0n) is 9.16. The first-order valence-electron chi connectivity index (χ1n) is 4.95. The number of nitrogen functional groups attached to an aromatic ring is 1. The molecule has 0 atom stereocenters. The summed E-state index contributed by atoms with van der Waals surface area (Å²) in [6.45, 7) is 3.25. The second-order valence-electron chi connectivity index (χ2n) is 3.50. The Morgan fingerprint density at radius 1 is 1.53 bits per heavy atom. The Bertz CT molecular complexity index is 338. The van der Waals surface area contributed by atoms with Gasteiger partial charge >= 0.3 is 0 Å². The molecule has 4 heteroatoms. The summed E-state index contributed by atoms with van der Waals surface area (Å²) in [5.74, 6) is -0.0232. The summed E-state index contributed by atoms with van der Waals surface area (Å²) in [5, 5.41) is 2.79. The van der Waals surface area contributed by atoms with Crippen LogP contribution in [-0.2, 0) is 4.79 Å². The Morgan fingerprint density at radius 2 is 2.27 bits per heavy atom. The summed E-state index contributed by atoms with van der Waals surface area (Å²) >= 11 is 0. The molecule has 0 unspecified atom stereocenters. The summed E-state index contributed by atoms with van der Waals surface area (Å²) < 4.78 is 0. The van der Waals surface area contributed by atoms with Gasteiger partial charge in [-0.25, -0.2) is 0 Å². The molecule has 4 nitrogen and oxygen atoms in total. The van der Waals surface area contributed by atoms with Gasteiger partial charge < -0.3 is 11.1 Å². The van der Waals surface area contributed by atoms with E-state index in [9.17, 15) is 4.79 Å². The van der Waals surface area contributed by atoms with E-state index in [0.29, 0.717) is 12.2 Å². The van der Waals surface area contributed by atoms with E-state index in [1.807, 2.05) is 31.0 Å². The summed E-state index contributed by atoms with van der Waals surface area (Å²) in [6, 6.07) is 7.16. The fourth-order valence-corrected chi connectivity index (χ4v) is 1.17. The van der Waals surface area contributed by atoms with Crippen molar-refractivity contribution in [3.63, 3.8) is 0 Å². The molecule has 0 aliphatic carbocycles. The summed E-state index contributed by atoms with van der Waals surface area (Å²) in [5.41, 5.74) is 6.99. The number of amides is 1. The molecule has 1 aromatic rings. The van der Waals surface area contributed by atoms with Crippen molar-refractivity contribution in [3.8, 4) is 0 Å². The minimum absolute atomic E-state index is 0.0232. The Balaban J connectivity index is 2.51. The van der Waals surface area contributed by atoms with Crippen LogP contribution in [0, 0.1) is 0 Å².